The van der Waals surface area contributed by atoms with Crippen molar-refractivity contribution in [2.24, 2.45) is 0 Å². The Balaban J connectivity index is 0. The second-order valence-corrected chi connectivity index (χ2v) is 6.02. The zero-order valence-corrected chi connectivity index (χ0v) is 14.4. The molecule has 0 aromatic heterocycles. The van der Waals surface area contributed by atoms with Crippen molar-refractivity contribution < 1.29 is 47.3 Å². The summed E-state index contributed by atoms with van der Waals surface area (Å²) in [6.07, 6.45) is 9.11. The van der Waals surface area contributed by atoms with Crippen LogP contribution in [0.5, 0.6) is 0 Å². The predicted molar refractivity (Wildman–Crippen MR) is 66.8 cm³/mol. The van der Waals surface area contributed by atoms with Crippen LogP contribution in [0.4, 0.5) is 0 Å². The van der Waals surface area contributed by atoms with E-state index in [1.165, 1.54) is 25.7 Å². The summed E-state index contributed by atoms with van der Waals surface area (Å²) < 4.78 is 31.8. The van der Waals surface area contributed by atoms with Crippen LogP contribution in [0.1, 0.15) is 64.7 Å². The van der Waals surface area contributed by atoms with E-state index in [9.17, 15) is 17.8 Å². The molecule has 0 rings (SSSR count). The summed E-state index contributed by atoms with van der Waals surface area (Å²) in [5.41, 5.74) is 0. The first-order chi connectivity index (χ1) is 8.02. The summed E-state index contributed by atoms with van der Waals surface area (Å²) >= 11 is 0. The van der Waals surface area contributed by atoms with Crippen molar-refractivity contribution in [3.05, 3.63) is 0 Å². The van der Waals surface area contributed by atoms with Gasteiger partial charge in [0.1, 0.15) is 21.7 Å². The van der Waals surface area contributed by atoms with E-state index in [4.69, 9.17) is 0 Å². The van der Waals surface area contributed by atoms with Gasteiger partial charge in [0.15, 0.2) is 0 Å². The molecule has 0 spiro atoms. The molecule has 0 heterocycles. The average Bonchev–Trinajstić information content (AvgIpc) is 2.25. The second-order valence-electron chi connectivity index (χ2n) is 4.43. The van der Waals surface area contributed by atoms with Crippen molar-refractivity contribution in [2.75, 3.05) is 0 Å². The van der Waals surface area contributed by atoms with E-state index in [-0.39, 0.29) is 42.3 Å². The molecule has 0 aliphatic rings. The zero-order valence-electron chi connectivity index (χ0n) is 11.6. The van der Waals surface area contributed by atoms with Gasteiger partial charge < -0.3 is 9.35 Å². The Morgan fingerprint density at radius 3 is 1.83 bits per heavy atom. The first kappa shape index (κ1) is 20.9. The average molecular weight is 286 g/mol. The molecular formula is C12H23NaO4S. The Hall–Kier alpha value is 0.580. The Bertz CT molecular complexity index is 290. The van der Waals surface area contributed by atoms with Crippen molar-refractivity contribution in [1.82, 2.24) is 0 Å². The second kappa shape index (κ2) is 12.6. The van der Waals surface area contributed by atoms with Crippen molar-refractivity contribution in [1.29, 1.82) is 0 Å². The molecule has 0 bridgehead atoms. The molecule has 4 nitrogen and oxygen atoms in total. The van der Waals surface area contributed by atoms with Crippen molar-refractivity contribution in [2.45, 2.75) is 70.0 Å². The van der Waals surface area contributed by atoms with Gasteiger partial charge in [0.05, 0.1) is 0 Å². The zero-order chi connectivity index (χ0) is 13.1. The number of hydrogen-bond donors (Lipinski definition) is 0. The van der Waals surface area contributed by atoms with Gasteiger partial charge >= 0.3 is 29.6 Å². The molecule has 0 aliphatic heterocycles. The number of hydrogen-bond acceptors (Lipinski definition) is 4. The molecule has 18 heavy (non-hydrogen) atoms. The standard InChI is InChI=1S/C12H24O4S.Na/c1-2-3-4-5-6-7-8-9-10-12(11-13)17(14,15)16;/h11-12H,2-10H2,1H3,(H,14,15,16);/q;+1/p-1. The fourth-order valence-corrected chi connectivity index (χ4v) is 2.35. The van der Waals surface area contributed by atoms with Gasteiger partial charge in [-0.2, -0.15) is 0 Å². The van der Waals surface area contributed by atoms with Crippen molar-refractivity contribution >= 4 is 16.4 Å². The molecule has 0 radical (unpaired) electrons. The molecule has 1 atom stereocenters. The third-order valence-corrected chi connectivity index (χ3v) is 3.95. The van der Waals surface area contributed by atoms with E-state index in [1.807, 2.05) is 0 Å². The summed E-state index contributed by atoms with van der Waals surface area (Å²) in [4.78, 5) is 10.4. The van der Waals surface area contributed by atoms with Crippen LogP contribution >= 0.6 is 0 Å². The van der Waals surface area contributed by atoms with Crippen molar-refractivity contribution in [3.8, 4) is 0 Å². The Kier molecular flexibility index (Phi) is 14.6. The Morgan fingerprint density at radius 2 is 1.44 bits per heavy atom. The van der Waals surface area contributed by atoms with Crippen molar-refractivity contribution in [3.63, 3.8) is 0 Å². The molecule has 102 valence electrons. The van der Waals surface area contributed by atoms with E-state index < -0.39 is 15.4 Å². The molecule has 1 unspecified atom stereocenters. The largest absolute Gasteiger partial charge is 1.00 e. The quantitative estimate of drug-likeness (QED) is 0.225. The predicted octanol–water partition coefficient (Wildman–Crippen LogP) is -0.366. The van der Waals surface area contributed by atoms with Gasteiger partial charge in [-0.15, -0.1) is 0 Å². The fraction of sp³-hybridized carbons (Fsp3) is 0.917. The number of rotatable bonds is 11. The van der Waals surface area contributed by atoms with Gasteiger partial charge in [-0.1, -0.05) is 58.3 Å². The van der Waals surface area contributed by atoms with Crippen LogP contribution in [-0.4, -0.2) is 24.5 Å². The summed E-state index contributed by atoms with van der Waals surface area (Å²) in [5, 5.41) is -1.34. The SMILES string of the molecule is CCCCCCCCCCC(C=O)S(=O)(=O)[O-].[Na+]. The number of aldehydes is 1. The Labute approximate surface area is 133 Å². The summed E-state index contributed by atoms with van der Waals surface area (Å²) in [6.45, 7) is 2.17. The molecular weight excluding hydrogens is 263 g/mol. The van der Waals surface area contributed by atoms with E-state index >= 15 is 0 Å². The third kappa shape index (κ3) is 11.7. The maximum atomic E-state index is 10.6. The van der Waals surface area contributed by atoms with E-state index in [0.717, 1.165) is 19.3 Å². The van der Waals surface area contributed by atoms with Crippen LogP contribution in [0.25, 0.3) is 0 Å². The summed E-state index contributed by atoms with van der Waals surface area (Å²) in [6, 6.07) is 0. The molecule has 0 saturated heterocycles. The smallest absolute Gasteiger partial charge is 0.747 e. The number of carbonyl (C=O) groups excluding carboxylic acids is 1. The van der Waals surface area contributed by atoms with Gasteiger partial charge in [0.25, 0.3) is 0 Å². The summed E-state index contributed by atoms with van der Waals surface area (Å²) in [5.74, 6) is 0. The molecule has 0 amide bonds. The molecule has 0 N–H and O–H groups in total. The minimum atomic E-state index is -4.44. The normalized spacial score (nSPS) is 12.8. The van der Waals surface area contributed by atoms with E-state index in [2.05, 4.69) is 6.92 Å². The van der Waals surface area contributed by atoms with E-state index in [1.54, 1.807) is 0 Å². The summed E-state index contributed by atoms with van der Waals surface area (Å²) in [7, 11) is -4.44. The number of unbranched alkanes of at least 4 members (excludes halogenated alkanes) is 7. The van der Waals surface area contributed by atoms with E-state index in [0.29, 0.717) is 6.42 Å². The van der Waals surface area contributed by atoms with Crippen LogP contribution in [0.2, 0.25) is 0 Å². The van der Waals surface area contributed by atoms with Crippen LogP contribution in [-0.2, 0) is 14.9 Å². The molecule has 6 heteroatoms. The van der Waals surface area contributed by atoms with Gasteiger partial charge in [-0.25, -0.2) is 8.42 Å². The van der Waals surface area contributed by atoms with Gasteiger partial charge in [0.2, 0.25) is 0 Å². The molecule has 0 aromatic carbocycles. The topological polar surface area (TPSA) is 74.3 Å². The molecule has 0 aromatic rings. The third-order valence-electron chi connectivity index (χ3n) is 2.86. The fourth-order valence-electron chi connectivity index (χ4n) is 1.76. The maximum Gasteiger partial charge on any atom is 1.00 e. The first-order valence-corrected chi connectivity index (χ1v) is 7.89. The molecule has 0 fully saturated rings. The monoisotopic (exact) mass is 286 g/mol. The van der Waals surface area contributed by atoms with Crippen LogP contribution in [0.3, 0.4) is 0 Å². The van der Waals surface area contributed by atoms with Crippen LogP contribution in [0.15, 0.2) is 0 Å². The molecule has 0 aliphatic carbocycles. The maximum absolute atomic E-state index is 10.6. The van der Waals surface area contributed by atoms with Gasteiger partial charge in [0, 0.05) is 0 Å². The number of carbonyl (C=O) groups is 1. The van der Waals surface area contributed by atoms with Gasteiger partial charge in [-0.05, 0) is 6.42 Å². The first-order valence-electron chi connectivity index (χ1n) is 6.42. The van der Waals surface area contributed by atoms with Crippen LogP contribution < -0.4 is 29.6 Å². The van der Waals surface area contributed by atoms with Gasteiger partial charge in [-0.3, -0.25) is 0 Å². The minimum Gasteiger partial charge on any atom is -0.747 e. The molecule has 0 saturated carbocycles. The van der Waals surface area contributed by atoms with Crippen LogP contribution in [0, 0.1) is 0 Å². The Morgan fingerprint density at radius 1 is 1.00 bits per heavy atom. The minimum absolute atomic E-state index is 0.